The number of halogens is 1. The van der Waals surface area contributed by atoms with E-state index in [-0.39, 0.29) is 5.43 Å². The fraction of sp³-hybridized carbons (Fsp3) is 0.176. The van der Waals surface area contributed by atoms with Crippen LogP contribution in [0.3, 0.4) is 0 Å². The Balaban J connectivity index is 2.39. The summed E-state index contributed by atoms with van der Waals surface area (Å²) in [5.41, 5.74) is 10.2. The second-order valence-electron chi connectivity index (χ2n) is 5.31. The van der Waals surface area contributed by atoms with Crippen molar-refractivity contribution in [1.82, 2.24) is 4.98 Å². The van der Waals surface area contributed by atoms with Gasteiger partial charge in [0.2, 0.25) is 5.43 Å². The molecule has 0 saturated heterocycles. The van der Waals surface area contributed by atoms with Crippen LogP contribution in [0.15, 0.2) is 33.5 Å². The average Bonchev–Trinajstić information content (AvgIpc) is 2.49. The molecule has 112 valence electrons. The minimum absolute atomic E-state index is 0.125. The lowest BCUT2D eigenvalue weighted by Gasteiger charge is -2.11. The highest BCUT2D eigenvalue weighted by atomic mass is 79.9. The second-order valence-corrected chi connectivity index (χ2v) is 7.22. The molecule has 0 amide bonds. The van der Waals surface area contributed by atoms with E-state index in [2.05, 4.69) is 20.9 Å². The minimum atomic E-state index is -0.125. The van der Waals surface area contributed by atoms with Crippen molar-refractivity contribution in [2.45, 2.75) is 20.8 Å². The number of nitrogens with two attached hydrogens (primary N) is 1. The van der Waals surface area contributed by atoms with Gasteiger partial charge in [-0.3, -0.25) is 4.79 Å². The predicted molar refractivity (Wildman–Crippen MR) is 97.6 cm³/mol. The van der Waals surface area contributed by atoms with E-state index < -0.39 is 0 Å². The lowest BCUT2D eigenvalue weighted by atomic mass is 10.1. The number of rotatable bonds is 1. The highest BCUT2D eigenvalue weighted by Gasteiger charge is 2.16. The summed E-state index contributed by atoms with van der Waals surface area (Å²) in [5, 5.41) is 0.645. The quantitative estimate of drug-likeness (QED) is 0.677. The highest BCUT2D eigenvalue weighted by Crippen LogP contribution is 2.34. The number of nitrogens with zero attached hydrogens (tertiary/aromatic N) is 1. The summed E-state index contributed by atoms with van der Waals surface area (Å²) < 4.78 is 0.989. The summed E-state index contributed by atoms with van der Waals surface area (Å²) in [7, 11) is 0. The Bertz CT molecular complexity index is 946. The second kappa shape index (κ2) is 5.48. The van der Waals surface area contributed by atoms with Crippen molar-refractivity contribution < 1.29 is 0 Å². The number of nitrogen functional groups attached to an aromatic ring is 1. The van der Waals surface area contributed by atoms with E-state index in [4.69, 9.17) is 5.73 Å². The number of hydrogen-bond acceptors (Lipinski definition) is 4. The van der Waals surface area contributed by atoms with Gasteiger partial charge in [0.05, 0.1) is 16.0 Å². The van der Waals surface area contributed by atoms with Crippen LogP contribution >= 0.6 is 27.3 Å². The molecule has 3 rings (SSSR count). The molecule has 0 bridgehead atoms. The molecule has 5 heteroatoms. The average molecular weight is 375 g/mol. The summed E-state index contributed by atoms with van der Waals surface area (Å²) in [6.45, 7) is 5.91. The van der Waals surface area contributed by atoms with E-state index >= 15 is 0 Å². The van der Waals surface area contributed by atoms with Crippen LogP contribution in [0.25, 0.3) is 20.7 Å². The van der Waals surface area contributed by atoms with Gasteiger partial charge in [-0.05, 0) is 49.6 Å². The van der Waals surface area contributed by atoms with Crippen molar-refractivity contribution in [2.24, 2.45) is 0 Å². The van der Waals surface area contributed by atoms with E-state index in [0.717, 1.165) is 36.6 Å². The Morgan fingerprint density at radius 3 is 2.36 bits per heavy atom. The van der Waals surface area contributed by atoms with Gasteiger partial charge in [-0.2, -0.15) is 0 Å². The zero-order valence-electron chi connectivity index (χ0n) is 12.5. The standard InChI is InChI=1S/C17H15BrN2OS/c1-8-9(2)13-15(21)14(19)16(22-17(13)20-10(8)3)11-4-6-12(18)7-5-11/h4-7H,19H2,1-3H3. The maximum absolute atomic E-state index is 12.7. The Labute approximate surface area is 141 Å². The van der Waals surface area contributed by atoms with Crippen molar-refractivity contribution in [3.05, 3.63) is 55.8 Å². The van der Waals surface area contributed by atoms with Crippen molar-refractivity contribution in [2.75, 3.05) is 5.73 Å². The number of aryl methyl sites for hydroxylation is 2. The van der Waals surface area contributed by atoms with Gasteiger partial charge in [0, 0.05) is 10.2 Å². The molecule has 0 aliphatic rings. The summed E-state index contributed by atoms with van der Waals surface area (Å²) in [6.07, 6.45) is 0. The largest absolute Gasteiger partial charge is 0.394 e. The number of anilines is 1. The van der Waals surface area contributed by atoms with Gasteiger partial charge >= 0.3 is 0 Å². The van der Waals surface area contributed by atoms with E-state index in [1.165, 1.54) is 11.3 Å². The molecule has 0 fully saturated rings. The molecule has 2 N–H and O–H groups in total. The van der Waals surface area contributed by atoms with E-state index in [0.29, 0.717) is 11.1 Å². The maximum atomic E-state index is 12.7. The number of fused-ring (bicyclic) bond motifs is 1. The molecule has 0 aliphatic heterocycles. The molecule has 0 radical (unpaired) electrons. The normalized spacial score (nSPS) is 11.1. The Kier molecular flexibility index (Phi) is 3.78. The zero-order valence-corrected chi connectivity index (χ0v) is 14.9. The van der Waals surface area contributed by atoms with Gasteiger partial charge in [-0.1, -0.05) is 28.1 Å². The van der Waals surface area contributed by atoms with Gasteiger partial charge in [0.1, 0.15) is 4.83 Å². The van der Waals surface area contributed by atoms with Crippen molar-refractivity contribution in [3.63, 3.8) is 0 Å². The van der Waals surface area contributed by atoms with Gasteiger partial charge in [-0.25, -0.2) is 4.98 Å². The number of hydrogen-bond donors (Lipinski definition) is 1. The lowest BCUT2D eigenvalue weighted by molar-refractivity contribution is 1.17. The summed E-state index contributed by atoms with van der Waals surface area (Å²) in [4.78, 5) is 18.8. The molecule has 3 aromatic rings. The smallest absolute Gasteiger partial charge is 0.213 e. The number of benzene rings is 1. The molecule has 0 aliphatic carbocycles. The van der Waals surface area contributed by atoms with E-state index in [9.17, 15) is 4.79 Å². The zero-order chi connectivity index (χ0) is 16.0. The summed E-state index contributed by atoms with van der Waals surface area (Å²) >= 11 is 4.89. The molecule has 0 unspecified atom stereocenters. The SMILES string of the molecule is Cc1nc2sc(-c3ccc(Br)cc3)c(N)c(=O)c2c(C)c1C. The first kappa shape index (κ1) is 15.2. The first-order valence-electron chi connectivity index (χ1n) is 6.86. The number of aromatic nitrogens is 1. The Morgan fingerprint density at radius 1 is 1.09 bits per heavy atom. The monoisotopic (exact) mass is 374 g/mol. The highest BCUT2D eigenvalue weighted by molar-refractivity contribution is 9.10. The molecule has 22 heavy (non-hydrogen) atoms. The fourth-order valence-electron chi connectivity index (χ4n) is 2.46. The van der Waals surface area contributed by atoms with Crippen LogP contribution in [0.1, 0.15) is 16.8 Å². The Morgan fingerprint density at radius 2 is 1.73 bits per heavy atom. The molecule has 3 nitrogen and oxygen atoms in total. The third-order valence-corrected chi connectivity index (χ3v) is 5.66. The number of pyridine rings is 1. The predicted octanol–water partition coefficient (Wildman–Crippen LogP) is 4.59. The summed E-state index contributed by atoms with van der Waals surface area (Å²) in [6, 6.07) is 7.78. The molecule has 0 spiro atoms. The van der Waals surface area contributed by atoms with Crippen molar-refractivity contribution in [3.8, 4) is 10.4 Å². The van der Waals surface area contributed by atoms with Crippen LogP contribution in [0, 0.1) is 20.8 Å². The molecular formula is C17H15BrN2OS. The van der Waals surface area contributed by atoms with Crippen LogP contribution in [0.2, 0.25) is 0 Å². The van der Waals surface area contributed by atoms with E-state index in [1.54, 1.807) is 0 Å². The third-order valence-electron chi connectivity index (χ3n) is 3.98. The van der Waals surface area contributed by atoms with Crippen molar-refractivity contribution in [1.29, 1.82) is 0 Å². The molecule has 1 aromatic carbocycles. The van der Waals surface area contributed by atoms with Crippen LogP contribution in [-0.4, -0.2) is 4.98 Å². The van der Waals surface area contributed by atoms with Crippen LogP contribution < -0.4 is 11.2 Å². The first-order valence-corrected chi connectivity index (χ1v) is 8.47. The fourth-order valence-corrected chi connectivity index (χ4v) is 3.90. The minimum Gasteiger partial charge on any atom is -0.394 e. The van der Waals surface area contributed by atoms with Crippen molar-refractivity contribution >= 4 is 43.2 Å². The summed E-state index contributed by atoms with van der Waals surface area (Å²) in [5.74, 6) is 0. The van der Waals surface area contributed by atoms with Gasteiger partial charge in [-0.15, -0.1) is 11.3 Å². The molecule has 0 saturated carbocycles. The topological polar surface area (TPSA) is 56.0 Å². The van der Waals surface area contributed by atoms with Crippen LogP contribution in [0.5, 0.6) is 0 Å². The molecule has 2 heterocycles. The van der Waals surface area contributed by atoms with Gasteiger partial charge in [0.15, 0.2) is 0 Å². The van der Waals surface area contributed by atoms with Crippen LogP contribution in [-0.2, 0) is 0 Å². The molecule has 0 atom stereocenters. The van der Waals surface area contributed by atoms with Gasteiger partial charge < -0.3 is 5.73 Å². The lowest BCUT2D eigenvalue weighted by Crippen LogP contribution is -2.12. The molecular weight excluding hydrogens is 360 g/mol. The first-order chi connectivity index (χ1) is 10.4. The van der Waals surface area contributed by atoms with E-state index in [1.807, 2.05) is 45.0 Å². The molecule has 2 aromatic heterocycles. The third kappa shape index (κ3) is 2.34. The van der Waals surface area contributed by atoms with Gasteiger partial charge in [0.25, 0.3) is 0 Å². The maximum Gasteiger partial charge on any atom is 0.213 e. The van der Waals surface area contributed by atoms with Crippen LogP contribution in [0.4, 0.5) is 5.69 Å². The Hall–Kier alpha value is -1.72.